The van der Waals surface area contributed by atoms with Gasteiger partial charge in [0.05, 0.1) is 11.9 Å². The van der Waals surface area contributed by atoms with Crippen molar-refractivity contribution in [2.75, 3.05) is 12.9 Å². The van der Waals surface area contributed by atoms with E-state index in [1.54, 1.807) is 11.8 Å². The number of sulfone groups is 1. The second kappa shape index (κ2) is 4.63. The summed E-state index contributed by atoms with van der Waals surface area (Å²) in [5.74, 6) is -0.0742. The van der Waals surface area contributed by atoms with E-state index in [2.05, 4.69) is 0 Å². The average molecular weight is 272 g/mol. The number of thioether (sulfide) groups is 1. The smallest absolute Gasteiger partial charge is 0.154 e. The molecule has 0 bridgehead atoms. The predicted molar refractivity (Wildman–Crippen MR) is 69.9 cm³/mol. The molecule has 5 heteroatoms. The molecule has 0 spiro atoms. The van der Waals surface area contributed by atoms with Crippen molar-refractivity contribution in [3.05, 3.63) is 29.8 Å². The summed E-state index contributed by atoms with van der Waals surface area (Å²) in [7, 11) is -3.16. The summed E-state index contributed by atoms with van der Waals surface area (Å²) in [5, 5.41) is 8.80. The Morgan fingerprint density at radius 1 is 1.35 bits per heavy atom. The summed E-state index contributed by atoms with van der Waals surface area (Å²) in [6, 6.07) is 7.56. The van der Waals surface area contributed by atoms with Gasteiger partial charge in [0.15, 0.2) is 9.84 Å². The largest absolute Gasteiger partial charge is 0.395 e. The molecule has 1 heterocycles. The van der Waals surface area contributed by atoms with Gasteiger partial charge in [0, 0.05) is 16.4 Å². The number of benzene rings is 1. The van der Waals surface area contributed by atoms with Crippen molar-refractivity contribution < 1.29 is 13.5 Å². The fourth-order valence-electron chi connectivity index (χ4n) is 2.40. The van der Waals surface area contributed by atoms with Crippen molar-refractivity contribution >= 4 is 21.6 Å². The van der Waals surface area contributed by atoms with Crippen LogP contribution in [0.5, 0.6) is 0 Å². The Morgan fingerprint density at radius 2 is 2.00 bits per heavy atom. The molecule has 1 aromatic carbocycles. The third kappa shape index (κ3) is 2.37. The number of fused-ring (bicyclic) bond motifs is 1. The van der Waals surface area contributed by atoms with Crippen LogP contribution in [0.2, 0.25) is 0 Å². The molecule has 3 nitrogen and oxygen atoms in total. The maximum Gasteiger partial charge on any atom is 0.154 e. The molecule has 0 radical (unpaired) electrons. The predicted octanol–water partition coefficient (Wildman–Crippen LogP) is 1.87. The average Bonchev–Trinajstić information content (AvgIpc) is 2.26. The summed E-state index contributed by atoms with van der Waals surface area (Å²) in [5.41, 5.74) is 0.872. The minimum atomic E-state index is -3.16. The molecule has 0 saturated heterocycles. The molecular formula is C12H16O3S2. The van der Waals surface area contributed by atoms with Crippen molar-refractivity contribution in [1.82, 2.24) is 0 Å². The fraction of sp³-hybridized carbons (Fsp3) is 0.500. The minimum Gasteiger partial charge on any atom is -0.395 e. The molecule has 1 N–H and O–H groups in total. The molecule has 94 valence electrons. The van der Waals surface area contributed by atoms with Gasteiger partial charge in [0.25, 0.3) is 0 Å². The van der Waals surface area contributed by atoms with Crippen LogP contribution in [0, 0.1) is 5.92 Å². The van der Waals surface area contributed by atoms with E-state index in [0.29, 0.717) is 0 Å². The lowest BCUT2D eigenvalue weighted by molar-refractivity contribution is 0.265. The van der Waals surface area contributed by atoms with Gasteiger partial charge < -0.3 is 5.11 Å². The Balaban J connectivity index is 2.56. The van der Waals surface area contributed by atoms with Gasteiger partial charge in [-0.3, -0.25) is 0 Å². The Kier molecular flexibility index (Phi) is 3.52. The van der Waals surface area contributed by atoms with Gasteiger partial charge in [-0.2, -0.15) is 0 Å². The zero-order valence-corrected chi connectivity index (χ0v) is 11.5. The molecule has 1 unspecified atom stereocenters. The number of hydrogen-bond acceptors (Lipinski definition) is 4. The first-order valence-corrected chi connectivity index (χ1v) is 8.34. The van der Waals surface area contributed by atoms with E-state index in [9.17, 15) is 13.5 Å². The first-order chi connectivity index (χ1) is 7.95. The van der Waals surface area contributed by atoms with Crippen LogP contribution in [0.15, 0.2) is 29.2 Å². The van der Waals surface area contributed by atoms with Crippen molar-refractivity contribution in [2.24, 2.45) is 5.92 Å². The second-order valence-corrected chi connectivity index (χ2v) is 7.93. The molecule has 17 heavy (non-hydrogen) atoms. The third-order valence-corrected chi connectivity index (χ3v) is 6.32. The highest BCUT2D eigenvalue weighted by molar-refractivity contribution is 8.00. The van der Waals surface area contributed by atoms with Crippen LogP contribution in [0.4, 0.5) is 0 Å². The number of aliphatic hydroxyl groups excluding tert-OH is 1. The molecular weight excluding hydrogens is 256 g/mol. The van der Waals surface area contributed by atoms with Crippen LogP contribution < -0.4 is 0 Å². The van der Waals surface area contributed by atoms with Crippen LogP contribution in [0.1, 0.15) is 17.7 Å². The van der Waals surface area contributed by atoms with E-state index in [1.165, 1.54) is 6.26 Å². The molecule has 1 aliphatic heterocycles. The van der Waals surface area contributed by atoms with E-state index < -0.39 is 15.1 Å². The van der Waals surface area contributed by atoms with Crippen molar-refractivity contribution in [3.8, 4) is 0 Å². The molecule has 2 rings (SSSR count). The highest BCUT2D eigenvalue weighted by Crippen LogP contribution is 2.47. The van der Waals surface area contributed by atoms with Crippen LogP contribution in [-0.2, 0) is 9.84 Å². The first-order valence-electron chi connectivity index (χ1n) is 5.50. The minimum absolute atomic E-state index is 0.00614. The zero-order chi connectivity index (χ0) is 12.6. The third-order valence-electron chi connectivity index (χ3n) is 3.21. The lowest BCUT2D eigenvalue weighted by Gasteiger charge is -2.35. The highest BCUT2D eigenvalue weighted by atomic mass is 32.2. The highest BCUT2D eigenvalue weighted by Gasteiger charge is 2.39. The molecule has 0 aromatic heterocycles. The number of hydrogen-bond donors (Lipinski definition) is 1. The standard InChI is InChI=1S/C12H16O3S2/c1-8-11(7-13)16-10-6-4-3-5-9(10)12(8)17(2,14)15/h3-6,8,11-13H,7H2,1-2H3/t8-,11+,12?/m1/s1. The zero-order valence-electron chi connectivity index (χ0n) is 9.83. The summed E-state index contributed by atoms with van der Waals surface area (Å²) in [6.07, 6.45) is 1.27. The van der Waals surface area contributed by atoms with Crippen LogP contribution in [-0.4, -0.2) is 31.6 Å². The van der Waals surface area contributed by atoms with E-state index >= 15 is 0 Å². The van der Waals surface area contributed by atoms with Crippen molar-refractivity contribution in [3.63, 3.8) is 0 Å². The van der Waals surface area contributed by atoms with E-state index in [-0.39, 0.29) is 17.8 Å². The molecule has 0 saturated carbocycles. The SMILES string of the molecule is C[C@H]1C(S(C)(=O)=O)c2ccccc2S[C@H]1CO. The normalized spacial score (nSPS) is 28.8. The second-order valence-electron chi connectivity index (χ2n) is 4.49. The lowest BCUT2D eigenvalue weighted by Crippen LogP contribution is -2.33. The van der Waals surface area contributed by atoms with Gasteiger partial charge in [-0.1, -0.05) is 25.1 Å². The van der Waals surface area contributed by atoms with Gasteiger partial charge in [0.1, 0.15) is 0 Å². The quantitative estimate of drug-likeness (QED) is 0.893. The Hall–Kier alpha value is -0.520. The van der Waals surface area contributed by atoms with Crippen LogP contribution in [0.3, 0.4) is 0 Å². The topological polar surface area (TPSA) is 54.4 Å². The molecule has 0 amide bonds. The van der Waals surface area contributed by atoms with Crippen molar-refractivity contribution in [2.45, 2.75) is 22.3 Å². The first kappa shape index (κ1) is 12.9. The summed E-state index contributed by atoms with van der Waals surface area (Å²) in [6.45, 7) is 1.90. The van der Waals surface area contributed by atoms with Crippen molar-refractivity contribution in [1.29, 1.82) is 0 Å². The number of aliphatic hydroxyl groups is 1. The van der Waals surface area contributed by atoms with Gasteiger partial charge in [-0.15, -0.1) is 11.8 Å². The Labute approximate surface area is 106 Å². The maximum atomic E-state index is 11.9. The van der Waals surface area contributed by atoms with E-state index in [4.69, 9.17) is 0 Å². The van der Waals surface area contributed by atoms with E-state index in [1.807, 2.05) is 31.2 Å². The van der Waals surface area contributed by atoms with E-state index in [0.717, 1.165) is 10.5 Å². The lowest BCUT2D eigenvalue weighted by atomic mass is 9.96. The fourth-order valence-corrected chi connectivity index (χ4v) is 5.47. The monoisotopic (exact) mass is 272 g/mol. The Bertz CT molecular complexity index is 510. The van der Waals surface area contributed by atoms with Gasteiger partial charge >= 0.3 is 0 Å². The molecule has 1 aliphatic rings. The summed E-state index contributed by atoms with van der Waals surface area (Å²) in [4.78, 5) is 0.972. The molecule has 3 atom stereocenters. The van der Waals surface area contributed by atoms with Gasteiger partial charge in [-0.05, 0) is 17.5 Å². The summed E-state index contributed by atoms with van der Waals surface area (Å²) < 4.78 is 23.9. The molecule has 1 aromatic rings. The van der Waals surface area contributed by atoms with Crippen LogP contribution in [0.25, 0.3) is 0 Å². The van der Waals surface area contributed by atoms with Gasteiger partial charge in [-0.25, -0.2) is 8.42 Å². The Morgan fingerprint density at radius 3 is 2.59 bits per heavy atom. The maximum absolute atomic E-state index is 11.9. The number of rotatable bonds is 2. The molecule has 0 aliphatic carbocycles. The van der Waals surface area contributed by atoms with Gasteiger partial charge in [0.2, 0.25) is 0 Å². The van der Waals surface area contributed by atoms with Crippen LogP contribution >= 0.6 is 11.8 Å². The molecule has 0 fully saturated rings. The summed E-state index contributed by atoms with van der Waals surface area (Å²) >= 11 is 1.57.